The van der Waals surface area contributed by atoms with E-state index in [2.05, 4.69) is 4.72 Å². The number of rotatable bonds is 5. The SMILES string of the molecule is CC=C(C#N)C=CNS(=O)(=O)CCC. The van der Waals surface area contributed by atoms with Crippen molar-refractivity contribution >= 4 is 10.0 Å². The molecule has 0 amide bonds. The van der Waals surface area contributed by atoms with Crippen molar-refractivity contribution in [2.45, 2.75) is 20.3 Å². The molecular formula is C9H14N2O2S. The average molecular weight is 214 g/mol. The van der Waals surface area contributed by atoms with Gasteiger partial charge in [0.25, 0.3) is 0 Å². The van der Waals surface area contributed by atoms with Crippen LogP contribution in [0.4, 0.5) is 0 Å². The van der Waals surface area contributed by atoms with Gasteiger partial charge in [0.2, 0.25) is 10.0 Å². The monoisotopic (exact) mass is 214 g/mol. The molecule has 14 heavy (non-hydrogen) atoms. The lowest BCUT2D eigenvalue weighted by Gasteiger charge is -1.99. The number of sulfonamides is 1. The second-order valence-corrected chi connectivity index (χ2v) is 4.50. The van der Waals surface area contributed by atoms with Gasteiger partial charge in [0.05, 0.1) is 11.8 Å². The van der Waals surface area contributed by atoms with Gasteiger partial charge in [0.1, 0.15) is 0 Å². The van der Waals surface area contributed by atoms with Crippen LogP contribution in [0, 0.1) is 11.3 Å². The molecule has 0 radical (unpaired) electrons. The number of hydrogen-bond acceptors (Lipinski definition) is 3. The van der Waals surface area contributed by atoms with Crippen LogP contribution in [-0.2, 0) is 10.0 Å². The van der Waals surface area contributed by atoms with E-state index in [-0.39, 0.29) is 5.75 Å². The van der Waals surface area contributed by atoms with Crippen LogP contribution in [0.2, 0.25) is 0 Å². The van der Waals surface area contributed by atoms with Gasteiger partial charge in [-0.1, -0.05) is 13.0 Å². The Morgan fingerprint density at radius 3 is 2.64 bits per heavy atom. The summed E-state index contributed by atoms with van der Waals surface area (Å²) < 4.78 is 24.5. The van der Waals surface area contributed by atoms with E-state index >= 15 is 0 Å². The van der Waals surface area contributed by atoms with Crippen molar-refractivity contribution < 1.29 is 8.42 Å². The number of nitrogens with zero attached hydrogens (tertiary/aromatic N) is 1. The van der Waals surface area contributed by atoms with Gasteiger partial charge in [-0.25, -0.2) is 8.42 Å². The Kier molecular flexibility index (Phi) is 5.65. The predicted octanol–water partition coefficient (Wildman–Crippen LogP) is 1.30. The average Bonchev–Trinajstić information content (AvgIpc) is 2.12. The van der Waals surface area contributed by atoms with Gasteiger partial charge in [-0.05, 0) is 19.4 Å². The quantitative estimate of drug-likeness (QED) is 0.554. The summed E-state index contributed by atoms with van der Waals surface area (Å²) in [5.41, 5.74) is 0.421. The van der Waals surface area contributed by atoms with Crippen LogP contribution in [0.3, 0.4) is 0 Å². The van der Waals surface area contributed by atoms with Gasteiger partial charge >= 0.3 is 0 Å². The fourth-order valence-corrected chi connectivity index (χ4v) is 1.68. The Labute approximate surface area is 85.0 Å². The van der Waals surface area contributed by atoms with Gasteiger partial charge in [-0.3, -0.25) is 4.72 Å². The Morgan fingerprint density at radius 1 is 1.57 bits per heavy atom. The largest absolute Gasteiger partial charge is 0.290 e. The summed E-state index contributed by atoms with van der Waals surface area (Å²) in [4.78, 5) is 0. The summed E-state index contributed by atoms with van der Waals surface area (Å²) in [6.07, 6.45) is 4.86. The van der Waals surface area contributed by atoms with E-state index in [1.54, 1.807) is 19.9 Å². The molecule has 0 aliphatic rings. The highest BCUT2D eigenvalue weighted by atomic mass is 32.2. The van der Waals surface area contributed by atoms with Crippen LogP contribution in [-0.4, -0.2) is 14.2 Å². The normalized spacial score (nSPS) is 12.8. The second kappa shape index (κ2) is 6.22. The predicted molar refractivity (Wildman–Crippen MR) is 55.7 cm³/mol. The van der Waals surface area contributed by atoms with Gasteiger partial charge in [0, 0.05) is 11.8 Å². The fraction of sp³-hybridized carbons (Fsp3) is 0.444. The summed E-state index contributed by atoms with van der Waals surface area (Å²) in [5.74, 6) is 0.0923. The van der Waals surface area contributed by atoms with Crippen molar-refractivity contribution in [3.63, 3.8) is 0 Å². The minimum Gasteiger partial charge on any atom is -0.290 e. The third-order valence-corrected chi connectivity index (χ3v) is 2.86. The molecule has 0 spiro atoms. The van der Waals surface area contributed by atoms with E-state index in [0.29, 0.717) is 12.0 Å². The van der Waals surface area contributed by atoms with E-state index in [1.165, 1.54) is 12.3 Å². The number of nitrogens with one attached hydrogen (secondary N) is 1. The maximum atomic E-state index is 11.1. The number of allylic oxidation sites excluding steroid dienone is 3. The highest BCUT2D eigenvalue weighted by Gasteiger charge is 2.03. The summed E-state index contributed by atoms with van der Waals surface area (Å²) in [6.45, 7) is 3.50. The van der Waals surface area contributed by atoms with Crippen molar-refractivity contribution in [2.75, 3.05) is 5.75 Å². The lowest BCUT2D eigenvalue weighted by molar-refractivity contribution is 0.589. The molecule has 0 bridgehead atoms. The van der Waals surface area contributed by atoms with Crippen LogP contribution in [0.15, 0.2) is 23.9 Å². The minimum atomic E-state index is -3.22. The molecule has 5 heteroatoms. The van der Waals surface area contributed by atoms with E-state index in [1.807, 2.05) is 6.07 Å². The minimum absolute atomic E-state index is 0.0923. The molecule has 0 saturated heterocycles. The Balaban J connectivity index is 4.27. The van der Waals surface area contributed by atoms with Crippen LogP contribution < -0.4 is 4.72 Å². The van der Waals surface area contributed by atoms with Crippen molar-refractivity contribution in [1.29, 1.82) is 5.26 Å². The topological polar surface area (TPSA) is 70.0 Å². The lowest BCUT2D eigenvalue weighted by atomic mass is 10.3. The first kappa shape index (κ1) is 12.7. The number of nitriles is 1. The molecule has 0 rings (SSSR count). The lowest BCUT2D eigenvalue weighted by Crippen LogP contribution is -2.20. The molecular weight excluding hydrogens is 200 g/mol. The molecule has 4 nitrogen and oxygen atoms in total. The molecule has 0 unspecified atom stereocenters. The summed E-state index contributed by atoms with van der Waals surface area (Å²) >= 11 is 0. The summed E-state index contributed by atoms with van der Waals surface area (Å²) in [7, 11) is -3.22. The Hall–Kier alpha value is -1.28. The van der Waals surface area contributed by atoms with Gasteiger partial charge in [0.15, 0.2) is 0 Å². The van der Waals surface area contributed by atoms with Crippen molar-refractivity contribution in [1.82, 2.24) is 4.72 Å². The molecule has 0 fully saturated rings. The van der Waals surface area contributed by atoms with Crippen LogP contribution >= 0.6 is 0 Å². The maximum Gasteiger partial charge on any atom is 0.232 e. The molecule has 0 heterocycles. The van der Waals surface area contributed by atoms with Crippen molar-refractivity contribution in [3.8, 4) is 6.07 Å². The van der Waals surface area contributed by atoms with E-state index < -0.39 is 10.0 Å². The van der Waals surface area contributed by atoms with E-state index in [4.69, 9.17) is 5.26 Å². The van der Waals surface area contributed by atoms with Crippen molar-refractivity contribution in [2.24, 2.45) is 0 Å². The number of hydrogen-bond donors (Lipinski definition) is 1. The zero-order valence-corrected chi connectivity index (χ0v) is 9.13. The molecule has 0 aromatic rings. The van der Waals surface area contributed by atoms with Crippen LogP contribution in [0.25, 0.3) is 0 Å². The Morgan fingerprint density at radius 2 is 2.21 bits per heavy atom. The first-order chi connectivity index (χ1) is 6.55. The molecule has 1 N–H and O–H groups in total. The molecule has 0 aliphatic carbocycles. The highest BCUT2D eigenvalue weighted by Crippen LogP contribution is 1.94. The molecule has 0 saturated carbocycles. The maximum absolute atomic E-state index is 11.1. The second-order valence-electron chi connectivity index (χ2n) is 2.63. The third-order valence-electron chi connectivity index (χ3n) is 1.42. The highest BCUT2D eigenvalue weighted by molar-refractivity contribution is 7.89. The first-order valence-electron chi connectivity index (χ1n) is 4.28. The Bertz CT molecular complexity index is 361. The van der Waals surface area contributed by atoms with Gasteiger partial charge in [-0.15, -0.1) is 0 Å². The molecule has 0 aromatic heterocycles. The van der Waals surface area contributed by atoms with Gasteiger partial charge in [-0.2, -0.15) is 5.26 Å². The third kappa shape index (κ3) is 5.38. The van der Waals surface area contributed by atoms with Crippen LogP contribution in [0.5, 0.6) is 0 Å². The first-order valence-corrected chi connectivity index (χ1v) is 5.94. The summed E-state index contributed by atoms with van der Waals surface area (Å²) in [5, 5.41) is 8.51. The molecule has 0 aliphatic heterocycles. The molecule has 0 atom stereocenters. The van der Waals surface area contributed by atoms with Crippen molar-refractivity contribution in [3.05, 3.63) is 23.9 Å². The van der Waals surface area contributed by atoms with E-state index in [0.717, 1.165) is 0 Å². The molecule has 0 aromatic carbocycles. The fourth-order valence-electron chi connectivity index (χ4n) is 0.753. The van der Waals surface area contributed by atoms with Gasteiger partial charge < -0.3 is 0 Å². The standard InChI is InChI=1S/C9H14N2O2S/c1-3-7-14(12,13)11-6-5-9(4-2)8-10/h4-6,11H,3,7H2,1-2H3. The zero-order chi connectivity index (χ0) is 11.0. The molecule has 78 valence electrons. The van der Waals surface area contributed by atoms with E-state index in [9.17, 15) is 8.42 Å². The summed E-state index contributed by atoms with van der Waals surface area (Å²) in [6, 6.07) is 1.91. The smallest absolute Gasteiger partial charge is 0.232 e. The zero-order valence-electron chi connectivity index (χ0n) is 8.32. The van der Waals surface area contributed by atoms with Crippen LogP contribution in [0.1, 0.15) is 20.3 Å².